The van der Waals surface area contributed by atoms with Crippen molar-refractivity contribution in [1.82, 2.24) is 4.72 Å². The second-order valence-electron chi connectivity index (χ2n) is 7.15. The van der Waals surface area contributed by atoms with E-state index in [1.54, 1.807) is 48.5 Å². The average molecular weight is 424 g/mol. The molecule has 156 valence electrons. The highest BCUT2D eigenvalue weighted by molar-refractivity contribution is 7.89. The Morgan fingerprint density at radius 1 is 0.900 bits per heavy atom. The number of rotatable bonds is 9. The van der Waals surface area contributed by atoms with Crippen molar-refractivity contribution in [2.45, 2.75) is 37.5 Å². The van der Waals surface area contributed by atoms with Gasteiger partial charge in [-0.25, -0.2) is 13.1 Å². The maximum atomic E-state index is 13.1. The third-order valence-electron chi connectivity index (χ3n) is 4.75. The molecule has 0 saturated carbocycles. The summed E-state index contributed by atoms with van der Waals surface area (Å²) in [5, 5.41) is 0. The van der Waals surface area contributed by atoms with Crippen molar-refractivity contribution in [3.05, 3.63) is 102 Å². The second kappa shape index (κ2) is 9.80. The average Bonchev–Trinajstić information content (AvgIpc) is 2.74. The van der Waals surface area contributed by atoms with E-state index >= 15 is 0 Å². The molecule has 0 amide bonds. The lowest BCUT2D eigenvalue weighted by Crippen LogP contribution is -2.41. The number of hydrogen-bond acceptors (Lipinski definition) is 4. The highest BCUT2D eigenvalue weighted by atomic mass is 32.2. The summed E-state index contributed by atoms with van der Waals surface area (Å²) < 4.78 is 34.7. The summed E-state index contributed by atoms with van der Waals surface area (Å²) in [4.78, 5) is 12.6. The fourth-order valence-corrected chi connectivity index (χ4v) is 4.35. The Hall–Kier alpha value is -2.80. The SMILES string of the molecule is CC(=O)[C@@H](OCc1ccccc1)[C@H](NS(=O)(=O)c1ccc(C)cc1)c1ccccc1. The van der Waals surface area contributed by atoms with Gasteiger partial charge in [0.1, 0.15) is 6.10 Å². The molecule has 3 aromatic carbocycles. The van der Waals surface area contributed by atoms with Crippen LogP contribution in [0.25, 0.3) is 0 Å². The van der Waals surface area contributed by atoms with Crippen LogP contribution in [0.4, 0.5) is 0 Å². The summed E-state index contributed by atoms with van der Waals surface area (Å²) >= 11 is 0. The molecule has 5 nitrogen and oxygen atoms in total. The first-order valence-corrected chi connectivity index (χ1v) is 11.1. The topological polar surface area (TPSA) is 72.5 Å². The summed E-state index contributed by atoms with van der Waals surface area (Å²) in [6.07, 6.45) is -0.979. The highest BCUT2D eigenvalue weighted by Crippen LogP contribution is 2.24. The quantitative estimate of drug-likeness (QED) is 0.560. The molecule has 0 unspecified atom stereocenters. The summed E-state index contributed by atoms with van der Waals surface area (Å²) in [5.41, 5.74) is 2.51. The summed E-state index contributed by atoms with van der Waals surface area (Å²) in [6.45, 7) is 3.49. The first-order valence-electron chi connectivity index (χ1n) is 9.67. The monoisotopic (exact) mass is 423 g/mol. The first kappa shape index (κ1) is 21.9. The number of ketones is 1. The number of carbonyl (C=O) groups is 1. The highest BCUT2D eigenvalue weighted by Gasteiger charge is 2.32. The minimum atomic E-state index is -3.87. The number of benzene rings is 3. The molecule has 0 aliphatic carbocycles. The lowest BCUT2D eigenvalue weighted by molar-refractivity contribution is -0.131. The van der Waals surface area contributed by atoms with Crippen LogP contribution in [0, 0.1) is 6.92 Å². The van der Waals surface area contributed by atoms with E-state index in [0.717, 1.165) is 11.1 Å². The number of hydrogen-bond donors (Lipinski definition) is 1. The van der Waals surface area contributed by atoms with Gasteiger partial charge in [0, 0.05) is 0 Å². The maximum Gasteiger partial charge on any atom is 0.241 e. The zero-order valence-corrected chi connectivity index (χ0v) is 17.8. The minimum Gasteiger partial charge on any atom is -0.364 e. The van der Waals surface area contributed by atoms with Crippen LogP contribution < -0.4 is 4.72 Å². The van der Waals surface area contributed by atoms with E-state index in [9.17, 15) is 13.2 Å². The first-order chi connectivity index (χ1) is 14.4. The molecule has 0 fully saturated rings. The number of aryl methyl sites for hydroxylation is 1. The molecule has 6 heteroatoms. The zero-order chi connectivity index (χ0) is 21.6. The number of ether oxygens (including phenoxy) is 1. The molecule has 0 aliphatic heterocycles. The molecular weight excluding hydrogens is 398 g/mol. The Morgan fingerprint density at radius 3 is 2.03 bits per heavy atom. The molecule has 0 aromatic heterocycles. The number of nitrogens with one attached hydrogen (secondary N) is 1. The number of sulfonamides is 1. The zero-order valence-electron chi connectivity index (χ0n) is 17.0. The molecule has 3 rings (SSSR count). The van der Waals surface area contributed by atoms with Crippen molar-refractivity contribution >= 4 is 15.8 Å². The Morgan fingerprint density at radius 2 is 1.47 bits per heavy atom. The van der Waals surface area contributed by atoms with Crippen LogP contribution in [-0.2, 0) is 26.2 Å². The Bertz CT molecular complexity index is 1070. The van der Waals surface area contributed by atoms with Crippen LogP contribution in [-0.4, -0.2) is 20.3 Å². The van der Waals surface area contributed by atoms with E-state index in [0.29, 0.717) is 5.56 Å². The van der Waals surface area contributed by atoms with Crippen LogP contribution in [0.15, 0.2) is 89.8 Å². The van der Waals surface area contributed by atoms with Gasteiger partial charge in [0.2, 0.25) is 10.0 Å². The normalized spacial score (nSPS) is 13.5. The summed E-state index contributed by atoms with van der Waals surface area (Å²) in [5.74, 6) is -0.258. The van der Waals surface area contributed by atoms with Gasteiger partial charge < -0.3 is 4.74 Å². The fraction of sp³-hybridized carbons (Fsp3) is 0.208. The Balaban J connectivity index is 1.92. The predicted octanol–water partition coefficient (Wildman–Crippen LogP) is 4.19. The molecule has 0 bridgehead atoms. The molecule has 0 spiro atoms. The molecule has 30 heavy (non-hydrogen) atoms. The van der Waals surface area contributed by atoms with Crippen molar-refractivity contribution < 1.29 is 17.9 Å². The van der Waals surface area contributed by atoms with Gasteiger partial charge in [-0.05, 0) is 37.1 Å². The van der Waals surface area contributed by atoms with Crippen LogP contribution >= 0.6 is 0 Å². The maximum absolute atomic E-state index is 13.1. The molecular formula is C24H25NO4S. The van der Waals surface area contributed by atoms with Gasteiger partial charge in [-0.1, -0.05) is 78.4 Å². The van der Waals surface area contributed by atoms with Gasteiger partial charge in [-0.15, -0.1) is 0 Å². The van der Waals surface area contributed by atoms with Crippen molar-refractivity contribution in [1.29, 1.82) is 0 Å². The molecule has 0 aliphatic rings. The van der Waals surface area contributed by atoms with Crippen molar-refractivity contribution in [2.24, 2.45) is 0 Å². The lowest BCUT2D eigenvalue weighted by atomic mass is 10.00. The minimum absolute atomic E-state index is 0.138. The second-order valence-corrected chi connectivity index (χ2v) is 8.86. The molecule has 2 atom stereocenters. The smallest absolute Gasteiger partial charge is 0.241 e. The van der Waals surface area contributed by atoms with E-state index < -0.39 is 22.2 Å². The largest absolute Gasteiger partial charge is 0.364 e. The van der Waals surface area contributed by atoms with E-state index in [1.807, 2.05) is 43.3 Å². The van der Waals surface area contributed by atoms with Crippen molar-refractivity contribution in [3.63, 3.8) is 0 Å². The molecule has 1 N–H and O–H groups in total. The Kier molecular flexibility index (Phi) is 7.15. The third-order valence-corrected chi connectivity index (χ3v) is 6.20. The van der Waals surface area contributed by atoms with Gasteiger partial charge >= 0.3 is 0 Å². The van der Waals surface area contributed by atoms with E-state index in [4.69, 9.17) is 4.74 Å². The number of Topliss-reactive ketones (excluding diaryl/α,β-unsaturated/α-hetero) is 1. The van der Waals surface area contributed by atoms with Crippen molar-refractivity contribution in [2.75, 3.05) is 0 Å². The van der Waals surface area contributed by atoms with Crippen molar-refractivity contribution in [3.8, 4) is 0 Å². The summed E-state index contributed by atoms with van der Waals surface area (Å²) in [6, 6.07) is 24.2. The van der Waals surface area contributed by atoms with E-state index in [1.165, 1.54) is 6.92 Å². The van der Waals surface area contributed by atoms with Gasteiger partial charge in [-0.3, -0.25) is 4.79 Å². The fourth-order valence-electron chi connectivity index (χ4n) is 3.13. The number of carbonyl (C=O) groups excluding carboxylic acids is 1. The van der Waals surface area contributed by atoms with Gasteiger partial charge in [-0.2, -0.15) is 0 Å². The van der Waals surface area contributed by atoms with E-state index in [2.05, 4.69) is 4.72 Å². The van der Waals surface area contributed by atoms with Gasteiger partial charge in [0.15, 0.2) is 5.78 Å². The van der Waals surface area contributed by atoms with Crippen LogP contribution in [0.1, 0.15) is 29.7 Å². The van der Waals surface area contributed by atoms with Gasteiger partial charge in [0.05, 0.1) is 17.5 Å². The van der Waals surface area contributed by atoms with Crippen LogP contribution in [0.2, 0.25) is 0 Å². The standard InChI is InChI=1S/C24H25NO4S/c1-18-13-15-22(16-14-18)30(27,28)25-23(21-11-7-4-8-12-21)24(19(2)26)29-17-20-9-5-3-6-10-20/h3-16,23-25H,17H2,1-2H3/t23-,24-/m1/s1. The molecule has 0 radical (unpaired) electrons. The molecule has 0 saturated heterocycles. The third kappa shape index (κ3) is 5.63. The summed E-state index contributed by atoms with van der Waals surface area (Å²) in [7, 11) is -3.87. The Labute approximate surface area is 177 Å². The molecule has 0 heterocycles. The predicted molar refractivity (Wildman–Crippen MR) is 116 cm³/mol. The van der Waals surface area contributed by atoms with Gasteiger partial charge in [0.25, 0.3) is 0 Å². The van der Waals surface area contributed by atoms with Crippen LogP contribution in [0.5, 0.6) is 0 Å². The van der Waals surface area contributed by atoms with Crippen LogP contribution in [0.3, 0.4) is 0 Å². The molecule has 3 aromatic rings. The van der Waals surface area contributed by atoms with E-state index in [-0.39, 0.29) is 17.3 Å². The lowest BCUT2D eigenvalue weighted by Gasteiger charge is -2.27.